The Morgan fingerprint density at radius 2 is 1.55 bits per heavy atom. The van der Waals surface area contributed by atoms with Gasteiger partial charge in [0.1, 0.15) is 5.75 Å². The number of hydrogen-bond donors (Lipinski definition) is 1. The number of nitrogens with zero attached hydrogens (tertiary/aromatic N) is 2. The molecule has 0 radical (unpaired) electrons. The summed E-state index contributed by atoms with van der Waals surface area (Å²) < 4.78 is 5.28. The molecule has 4 aliphatic carbocycles. The van der Waals surface area contributed by atoms with Crippen LogP contribution in [0.5, 0.6) is 5.75 Å². The molecule has 6 rings (SSSR count). The van der Waals surface area contributed by atoms with Crippen LogP contribution >= 0.6 is 12.2 Å². The predicted molar refractivity (Wildman–Crippen MR) is 123 cm³/mol. The number of rotatable bonds is 4. The van der Waals surface area contributed by atoms with E-state index in [1.54, 1.807) is 7.11 Å². The highest BCUT2D eigenvalue weighted by atomic mass is 32.1. The summed E-state index contributed by atoms with van der Waals surface area (Å²) in [6.07, 6.45) is 8.81. The van der Waals surface area contributed by atoms with Gasteiger partial charge in [0.05, 0.1) is 7.11 Å². The molecule has 1 N–H and O–H groups in total. The molecule has 5 fully saturated rings. The van der Waals surface area contributed by atoms with Gasteiger partial charge >= 0.3 is 0 Å². The largest absolute Gasteiger partial charge is 0.497 e. The smallest absolute Gasteiger partial charge is 0.169 e. The first-order valence-electron chi connectivity index (χ1n) is 11.5. The SMILES string of the molecule is COc1ccc(N2CCN(C(=S)N[C@H](C)C34CC5CC(CC(C5)C3)C4)CC2)cc1. The van der Waals surface area contributed by atoms with Crippen LogP contribution in [0.4, 0.5) is 5.69 Å². The molecule has 4 bridgehead atoms. The van der Waals surface area contributed by atoms with Crippen molar-refractivity contribution in [1.82, 2.24) is 10.2 Å². The number of piperazine rings is 1. The van der Waals surface area contributed by atoms with Crippen LogP contribution in [0.2, 0.25) is 0 Å². The third-order valence-corrected chi connectivity index (χ3v) is 8.72. The molecule has 1 heterocycles. The third-order valence-electron chi connectivity index (χ3n) is 8.35. The molecule has 4 saturated carbocycles. The molecule has 5 heteroatoms. The number of ether oxygens (including phenoxy) is 1. The first-order valence-corrected chi connectivity index (χ1v) is 11.9. The van der Waals surface area contributed by atoms with E-state index in [0.717, 1.165) is 54.8 Å². The van der Waals surface area contributed by atoms with E-state index in [0.29, 0.717) is 11.5 Å². The van der Waals surface area contributed by atoms with Crippen molar-refractivity contribution in [1.29, 1.82) is 0 Å². The minimum absolute atomic E-state index is 0.503. The summed E-state index contributed by atoms with van der Waals surface area (Å²) in [5.74, 6) is 3.89. The predicted octanol–water partition coefficient (Wildman–Crippen LogP) is 4.30. The summed E-state index contributed by atoms with van der Waals surface area (Å²) in [5, 5.41) is 4.77. The quantitative estimate of drug-likeness (QED) is 0.743. The molecule has 0 unspecified atom stereocenters. The summed E-state index contributed by atoms with van der Waals surface area (Å²) in [6.45, 7) is 6.42. The van der Waals surface area contributed by atoms with E-state index in [1.165, 1.54) is 44.2 Å². The van der Waals surface area contributed by atoms with Crippen molar-refractivity contribution in [3.05, 3.63) is 24.3 Å². The fraction of sp³-hybridized carbons (Fsp3) is 0.708. The number of anilines is 1. The highest BCUT2D eigenvalue weighted by molar-refractivity contribution is 7.80. The molecule has 29 heavy (non-hydrogen) atoms. The van der Waals surface area contributed by atoms with Gasteiger partial charge in [-0.2, -0.15) is 0 Å². The lowest BCUT2D eigenvalue weighted by molar-refractivity contribution is -0.0675. The van der Waals surface area contributed by atoms with E-state index < -0.39 is 0 Å². The summed E-state index contributed by atoms with van der Waals surface area (Å²) in [4.78, 5) is 4.83. The molecule has 158 valence electrons. The molecule has 1 aromatic carbocycles. The van der Waals surface area contributed by atoms with E-state index in [-0.39, 0.29) is 0 Å². The molecule has 0 amide bonds. The maximum Gasteiger partial charge on any atom is 0.169 e. The maximum absolute atomic E-state index is 5.87. The Kier molecular flexibility index (Phi) is 5.13. The molecular formula is C24H35N3OS. The van der Waals surface area contributed by atoms with Crippen molar-refractivity contribution in [3.63, 3.8) is 0 Å². The number of methoxy groups -OCH3 is 1. The van der Waals surface area contributed by atoms with Crippen molar-refractivity contribution >= 4 is 23.0 Å². The van der Waals surface area contributed by atoms with Gasteiger partial charge in [0.15, 0.2) is 5.11 Å². The second kappa shape index (κ2) is 7.64. The fourth-order valence-corrected chi connectivity index (χ4v) is 7.46. The molecule has 1 aromatic rings. The van der Waals surface area contributed by atoms with Crippen LogP contribution in [0.3, 0.4) is 0 Å². The summed E-state index contributed by atoms with van der Waals surface area (Å²) in [5.41, 5.74) is 1.77. The topological polar surface area (TPSA) is 27.7 Å². The molecule has 1 saturated heterocycles. The second-order valence-electron chi connectivity index (χ2n) is 10.1. The second-order valence-corrected chi connectivity index (χ2v) is 10.5. The number of thiocarbonyl (C=S) groups is 1. The van der Waals surface area contributed by atoms with Gasteiger partial charge < -0.3 is 19.9 Å². The zero-order chi connectivity index (χ0) is 20.0. The highest BCUT2D eigenvalue weighted by Gasteiger charge is 2.53. The van der Waals surface area contributed by atoms with Crippen molar-refractivity contribution in [2.45, 2.75) is 51.5 Å². The van der Waals surface area contributed by atoms with Crippen LogP contribution in [-0.4, -0.2) is 49.3 Å². The maximum atomic E-state index is 5.87. The molecular weight excluding hydrogens is 378 g/mol. The lowest BCUT2D eigenvalue weighted by Crippen LogP contribution is -2.59. The molecule has 5 aliphatic rings. The third kappa shape index (κ3) is 3.71. The Labute approximate surface area is 181 Å². The molecule has 0 spiro atoms. The zero-order valence-electron chi connectivity index (χ0n) is 17.9. The van der Waals surface area contributed by atoms with Gasteiger partial charge in [0.2, 0.25) is 0 Å². The molecule has 4 nitrogen and oxygen atoms in total. The highest BCUT2D eigenvalue weighted by Crippen LogP contribution is 2.61. The molecule has 1 atom stereocenters. The van der Waals surface area contributed by atoms with Gasteiger partial charge in [0.25, 0.3) is 0 Å². The van der Waals surface area contributed by atoms with E-state index in [1.807, 2.05) is 12.1 Å². The van der Waals surface area contributed by atoms with Gasteiger partial charge in [-0.05, 0) is 105 Å². The number of benzene rings is 1. The Hall–Kier alpha value is -1.49. The standard InChI is InChI=1S/C24H35N3OS/c1-17(24-14-18-11-19(15-24)13-20(12-18)16-24)25-23(29)27-9-7-26(8-10-27)21-3-5-22(28-2)6-4-21/h3-6,17-20H,7-16H2,1-2H3,(H,25,29)/t17-,18?,19?,20?,24?/m1/s1. The Bertz CT molecular complexity index is 706. The van der Waals surface area contributed by atoms with Gasteiger partial charge in [-0.15, -0.1) is 0 Å². The normalized spacial score (nSPS) is 34.2. The number of hydrogen-bond acceptors (Lipinski definition) is 3. The first-order chi connectivity index (χ1) is 14.0. The van der Waals surface area contributed by atoms with E-state index in [4.69, 9.17) is 17.0 Å². The lowest BCUT2D eigenvalue weighted by Gasteiger charge is -2.59. The molecule has 1 aliphatic heterocycles. The van der Waals surface area contributed by atoms with Gasteiger partial charge in [-0.25, -0.2) is 0 Å². The van der Waals surface area contributed by atoms with Crippen LogP contribution in [0.25, 0.3) is 0 Å². The average Bonchev–Trinajstić information content (AvgIpc) is 2.73. The minimum atomic E-state index is 0.503. The number of nitrogens with one attached hydrogen (secondary N) is 1. The van der Waals surface area contributed by atoms with Crippen molar-refractivity contribution < 1.29 is 4.74 Å². The van der Waals surface area contributed by atoms with Crippen LogP contribution in [0, 0.1) is 23.2 Å². The zero-order valence-corrected chi connectivity index (χ0v) is 18.7. The van der Waals surface area contributed by atoms with Crippen molar-refractivity contribution in [2.24, 2.45) is 23.2 Å². The summed E-state index contributed by atoms with van der Waals surface area (Å²) in [6, 6.07) is 8.89. The fourth-order valence-electron chi connectivity index (χ4n) is 7.10. The summed E-state index contributed by atoms with van der Waals surface area (Å²) in [7, 11) is 1.71. The molecule has 0 aromatic heterocycles. The van der Waals surface area contributed by atoms with Gasteiger partial charge in [-0.3, -0.25) is 0 Å². The van der Waals surface area contributed by atoms with Crippen LogP contribution in [-0.2, 0) is 0 Å². The van der Waals surface area contributed by atoms with Crippen molar-refractivity contribution in [2.75, 3.05) is 38.2 Å². The monoisotopic (exact) mass is 413 g/mol. The minimum Gasteiger partial charge on any atom is -0.497 e. The van der Waals surface area contributed by atoms with E-state index in [9.17, 15) is 0 Å². The van der Waals surface area contributed by atoms with Crippen LogP contribution < -0.4 is 15.0 Å². The van der Waals surface area contributed by atoms with Crippen LogP contribution in [0.15, 0.2) is 24.3 Å². The van der Waals surface area contributed by atoms with Crippen LogP contribution in [0.1, 0.15) is 45.4 Å². The van der Waals surface area contributed by atoms with Gasteiger partial charge in [0, 0.05) is 37.9 Å². The Morgan fingerprint density at radius 1 is 1.00 bits per heavy atom. The Balaban J connectivity index is 1.16. The van der Waals surface area contributed by atoms with E-state index >= 15 is 0 Å². The van der Waals surface area contributed by atoms with Crippen molar-refractivity contribution in [3.8, 4) is 5.75 Å². The summed E-state index contributed by atoms with van der Waals surface area (Å²) >= 11 is 5.87. The van der Waals surface area contributed by atoms with Gasteiger partial charge in [-0.1, -0.05) is 0 Å². The lowest BCUT2D eigenvalue weighted by atomic mass is 9.48. The first kappa shape index (κ1) is 19.5. The Morgan fingerprint density at radius 3 is 2.07 bits per heavy atom. The average molecular weight is 414 g/mol. The van der Waals surface area contributed by atoms with E-state index in [2.05, 4.69) is 34.2 Å².